The van der Waals surface area contributed by atoms with Crippen LogP contribution in [0.5, 0.6) is 11.5 Å². The molecule has 0 atom stereocenters. The molecule has 0 aliphatic heterocycles. The molecule has 5 heteroatoms. The van der Waals surface area contributed by atoms with Gasteiger partial charge in [-0.15, -0.1) is 0 Å². The van der Waals surface area contributed by atoms with E-state index in [1.54, 1.807) is 20.5 Å². The topological polar surface area (TPSA) is 47.5 Å². The number of anilines is 2. The van der Waals surface area contributed by atoms with E-state index in [1.807, 2.05) is 48.5 Å². The van der Waals surface area contributed by atoms with Crippen molar-refractivity contribution in [2.75, 3.05) is 19.1 Å². The van der Waals surface area contributed by atoms with Crippen molar-refractivity contribution in [3.05, 3.63) is 84.7 Å². The van der Waals surface area contributed by atoms with E-state index < -0.39 is 0 Å². The van der Waals surface area contributed by atoms with Gasteiger partial charge in [0.25, 0.3) is 0 Å². The predicted molar refractivity (Wildman–Crippen MR) is 111 cm³/mol. The van der Waals surface area contributed by atoms with Crippen LogP contribution >= 0.6 is 0 Å². The first-order valence-corrected chi connectivity index (χ1v) is 9.03. The summed E-state index contributed by atoms with van der Waals surface area (Å²) in [6.07, 6.45) is 1.59. The maximum Gasteiger partial charge on any atom is 0.162 e. The summed E-state index contributed by atoms with van der Waals surface area (Å²) in [6.45, 7) is 0.686. The highest BCUT2D eigenvalue weighted by Gasteiger charge is 2.17. The van der Waals surface area contributed by atoms with Crippen molar-refractivity contribution in [1.29, 1.82) is 0 Å². The van der Waals surface area contributed by atoms with Crippen molar-refractivity contribution >= 4 is 22.4 Å². The van der Waals surface area contributed by atoms with Gasteiger partial charge in [-0.25, -0.2) is 9.97 Å². The molecule has 3 aromatic carbocycles. The highest BCUT2D eigenvalue weighted by molar-refractivity contribution is 5.93. The number of methoxy groups -OCH3 is 2. The molecule has 0 aliphatic rings. The molecule has 4 rings (SSSR count). The van der Waals surface area contributed by atoms with Crippen LogP contribution in [0.2, 0.25) is 0 Å². The number of para-hydroxylation sites is 1. The van der Waals surface area contributed by atoms with Gasteiger partial charge in [0.15, 0.2) is 11.5 Å². The first-order chi connectivity index (χ1) is 13.8. The molecule has 1 heterocycles. The molecular formula is C23H21N3O2. The molecule has 0 saturated heterocycles. The summed E-state index contributed by atoms with van der Waals surface area (Å²) in [4.78, 5) is 11.3. The summed E-state index contributed by atoms with van der Waals surface area (Å²) in [7, 11) is 3.25. The summed E-state index contributed by atoms with van der Waals surface area (Å²) in [5.41, 5.74) is 3.05. The minimum absolute atomic E-state index is 0.647. The van der Waals surface area contributed by atoms with Crippen LogP contribution in [0, 0.1) is 0 Å². The minimum Gasteiger partial charge on any atom is -0.493 e. The van der Waals surface area contributed by atoms with Crippen LogP contribution in [0.25, 0.3) is 10.9 Å². The first-order valence-electron chi connectivity index (χ1n) is 9.03. The Kier molecular flexibility index (Phi) is 5.06. The second-order valence-electron chi connectivity index (χ2n) is 6.33. The Morgan fingerprint density at radius 2 is 1.43 bits per heavy atom. The summed E-state index contributed by atoms with van der Waals surface area (Å²) in [5, 5.41) is 0.903. The molecule has 0 saturated carbocycles. The van der Waals surface area contributed by atoms with Crippen LogP contribution < -0.4 is 14.4 Å². The Hall–Kier alpha value is -3.60. The standard InChI is InChI=1S/C23H21N3O2/c1-27-21-13-19-20(14-22(21)28-2)24-16-25-23(19)26(18-11-7-4-8-12-18)15-17-9-5-3-6-10-17/h3-14,16H,15H2,1-2H3. The first kappa shape index (κ1) is 17.8. The van der Waals surface area contributed by atoms with Crippen molar-refractivity contribution < 1.29 is 9.47 Å². The van der Waals surface area contributed by atoms with E-state index in [4.69, 9.17) is 9.47 Å². The number of hydrogen-bond donors (Lipinski definition) is 0. The highest BCUT2D eigenvalue weighted by Crippen LogP contribution is 2.37. The minimum atomic E-state index is 0.647. The third kappa shape index (κ3) is 3.47. The summed E-state index contributed by atoms with van der Waals surface area (Å²) in [6, 6.07) is 24.4. The lowest BCUT2D eigenvalue weighted by molar-refractivity contribution is 0.356. The number of nitrogens with zero attached hydrogens (tertiary/aromatic N) is 3. The van der Waals surface area contributed by atoms with Gasteiger partial charge in [0.05, 0.1) is 19.7 Å². The smallest absolute Gasteiger partial charge is 0.162 e. The lowest BCUT2D eigenvalue weighted by Gasteiger charge is -2.25. The lowest BCUT2D eigenvalue weighted by Crippen LogP contribution is -2.18. The van der Waals surface area contributed by atoms with Crippen molar-refractivity contribution in [1.82, 2.24) is 9.97 Å². The van der Waals surface area contributed by atoms with E-state index in [1.165, 1.54) is 5.56 Å². The van der Waals surface area contributed by atoms with Crippen molar-refractivity contribution in [3.8, 4) is 11.5 Å². The molecule has 0 radical (unpaired) electrons. The van der Waals surface area contributed by atoms with E-state index in [2.05, 4.69) is 39.1 Å². The zero-order valence-corrected chi connectivity index (χ0v) is 15.9. The van der Waals surface area contributed by atoms with Gasteiger partial charge < -0.3 is 14.4 Å². The monoisotopic (exact) mass is 371 g/mol. The maximum absolute atomic E-state index is 5.50. The number of fused-ring (bicyclic) bond motifs is 1. The number of benzene rings is 3. The van der Waals surface area contributed by atoms with Gasteiger partial charge in [-0.2, -0.15) is 0 Å². The average molecular weight is 371 g/mol. The average Bonchev–Trinajstić information content (AvgIpc) is 2.77. The molecule has 140 valence electrons. The number of rotatable bonds is 6. The van der Waals surface area contributed by atoms with Crippen molar-refractivity contribution in [2.45, 2.75) is 6.54 Å². The molecular weight excluding hydrogens is 350 g/mol. The number of hydrogen-bond acceptors (Lipinski definition) is 5. The molecule has 0 N–H and O–H groups in total. The molecule has 1 aromatic heterocycles. The van der Waals surface area contributed by atoms with Crippen molar-refractivity contribution in [2.24, 2.45) is 0 Å². The number of aromatic nitrogens is 2. The van der Waals surface area contributed by atoms with Gasteiger partial charge >= 0.3 is 0 Å². The highest BCUT2D eigenvalue weighted by atomic mass is 16.5. The second kappa shape index (κ2) is 7.96. The lowest BCUT2D eigenvalue weighted by atomic mass is 10.1. The summed E-state index contributed by atoms with van der Waals surface area (Å²) >= 11 is 0. The van der Waals surface area contributed by atoms with Crippen molar-refractivity contribution in [3.63, 3.8) is 0 Å². The molecule has 0 spiro atoms. The Labute approximate surface area is 164 Å². The quantitative estimate of drug-likeness (QED) is 0.478. The van der Waals surface area contributed by atoms with E-state index in [9.17, 15) is 0 Å². The van der Waals surface area contributed by atoms with Gasteiger partial charge in [-0.1, -0.05) is 48.5 Å². The van der Waals surface area contributed by atoms with Gasteiger partial charge in [-0.05, 0) is 23.8 Å². The third-order valence-electron chi connectivity index (χ3n) is 4.63. The normalized spacial score (nSPS) is 10.6. The maximum atomic E-state index is 5.50. The Balaban J connectivity index is 1.89. The molecule has 0 bridgehead atoms. The molecule has 0 aliphatic carbocycles. The van der Waals surface area contributed by atoms with Crippen LogP contribution in [0.15, 0.2) is 79.1 Å². The van der Waals surface area contributed by atoms with Crippen LogP contribution in [0.3, 0.4) is 0 Å². The van der Waals surface area contributed by atoms with Gasteiger partial charge in [0, 0.05) is 23.7 Å². The van der Waals surface area contributed by atoms with E-state index >= 15 is 0 Å². The van der Waals surface area contributed by atoms with E-state index in [0.717, 1.165) is 22.4 Å². The predicted octanol–water partition coefficient (Wildman–Crippen LogP) is 4.99. The Morgan fingerprint density at radius 3 is 2.11 bits per heavy atom. The summed E-state index contributed by atoms with van der Waals surface area (Å²) < 4.78 is 10.9. The number of ether oxygens (including phenoxy) is 2. The largest absolute Gasteiger partial charge is 0.493 e. The van der Waals surface area contributed by atoms with Gasteiger partial charge in [0.1, 0.15) is 12.1 Å². The van der Waals surface area contributed by atoms with E-state index in [0.29, 0.717) is 18.0 Å². The molecule has 0 amide bonds. The Bertz CT molecular complexity index is 1070. The summed E-state index contributed by atoms with van der Waals surface area (Å²) in [5.74, 6) is 2.12. The van der Waals surface area contributed by atoms with Crippen LogP contribution in [0.1, 0.15) is 5.56 Å². The van der Waals surface area contributed by atoms with Crippen LogP contribution in [-0.2, 0) is 6.54 Å². The zero-order chi connectivity index (χ0) is 19.3. The second-order valence-corrected chi connectivity index (χ2v) is 6.33. The molecule has 0 fully saturated rings. The fraction of sp³-hybridized carbons (Fsp3) is 0.130. The van der Waals surface area contributed by atoms with Gasteiger partial charge in [-0.3, -0.25) is 0 Å². The van der Waals surface area contributed by atoms with E-state index in [-0.39, 0.29) is 0 Å². The molecule has 5 nitrogen and oxygen atoms in total. The fourth-order valence-corrected chi connectivity index (χ4v) is 3.25. The molecule has 0 unspecified atom stereocenters. The molecule has 28 heavy (non-hydrogen) atoms. The SMILES string of the molecule is COc1cc2ncnc(N(Cc3ccccc3)c3ccccc3)c2cc1OC. The van der Waals surface area contributed by atoms with Gasteiger partial charge in [0.2, 0.25) is 0 Å². The van der Waals surface area contributed by atoms with Crippen LogP contribution in [-0.4, -0.2) is 24.2 Å². The van der Waals surface area contributed by atoms with Crippen LogP contribution in [0.4, 0.5) is 11.5 Å². The Morgan fingerprint density at radius 1 is 0.786 bits per heavy atom. The zero-order valence-electron chi connectivity index (χ0n) is 15.9. The third-order valence-corrected chi connectivity index (χ3v) is 4.63. The molecule has 4 aromatic rings. The fourth-order valence-electron chi connectivity index (χ4n) is 3.25.